The van der Waals surface area contributed by atoms with Gasteiger partial charge in [-0.3, -0.25) is 0 Å². The number of halogens is 1. The van der Waals surface area contributed by atoms with E-state index in [4.69, 9.17) is 5.73 Å². The van der Waals surface area contributed by atoms with Crippen LogP contribution in [0.5, 0.6) is 0 Å². The summed E-state index contributed by atoms with van der Waals surface area (Å²) in [6.07, 6.45) is 4.30. The van der Waals surface area contributed by atoms with E-state index in [1.165, 1.54) is 18.4 Å². The van der Waals surface area contributed by atoms with Crippen LogP contribution in [0.1, 0.15) is 25.3 Å². The van der Waals surface area contributed by atoms with E-state index in [2.05, 4.69) is 44.7 Å². The summed E-state index contributed by atoms with van der Waals surface area (Å²) in [5.74, 6) is 2.54. The van der Waals surface area contributed by atoms with Crippen LogP contribution in [0.15, 0.2) is 23.3 Å². The summed E-state index contributed by atoms with van der Waals surface area (Å²) in [7, 11) is 2.17. The fourth-order valence-electron chi connectivity index (χ4n) is 3.28. The molecule has 0 radical (unpaired) electrons. The van der Waals surface area contributed by atoms with Gasteiger partial charge in [0.1, 0.15) is 5.82 Å². The van der Waals surface area contributed by atoms with Crippen molar-refractivity contribution in [2.45, 2.75) is 26.3 Å². The van der Waals surface area contributed by atoms with Crippen molar-refractivity contribution in [2.75, 3.05) is 51.2 Å². The molecule has 0 unspecified atom stereocenters. The zero-order valence-corrected chi connectivity index (χ0v) is 17.7. The van der Waals surface area contributed by atoms with Crippen LogP contribution in [0.25, 0.3) is 0 Å². The smallest absolute Gasteiger partial charge is 0.191 e. The minimum atomic E-state index is 0. The lowest BCUT2D eigenvalue weighted by Gasteiger charge is -2.33. The van der Waals surface area contributed by atoms with Gasteiger partial charge in [-0.15, -0.1) is 24.0 Å². The second-order valence-electron chi connectivity index (χ2n) is 7.16. The first kappa shape index (κ1) is 20.2. The van der Waals surface area contributed by atoms with E-state index in [1.54, 1.807) is 0 Å². The fourth-order valence-corrected chi connectivity index (χ4v) is 3.28. The Kier molecular flexibility index (Phi) is 7.74. The van der Waals surface area contributed by atoms with E-state index in [1.807, 2.05) is 12.3 Å². The van der Waals surface area contributed by atoms with Gasteiger partial charge in [0.15, 0.2) is 5.96 Å². The molecule has 2 N–H and O–H groups in total. The van der Waals surface area contributed by atoms with Crippen molar-refractivity contribution in [1.29, 1.82) is 0 Å². The van der Waals surface area contributed by atoms with E-state index in [0.717, 1.165) is 51.0 Å². The highest BCUT2D eigenvalue weighted by atomic mass is 127. The van der Waals surface area contributed by atoms with Crippen molar-refractivity contribution in [3.63, 3.8) is 0 Å². The molecule has 2 aliphatic heterocycles. The van der Waals surface area contributed by atoms with Crippen LogP contribution in [0.3, 0.4) is 0 Å². The van der Waals surface area contributed by atoms with Crippen LogP contribution in [0.2, 0.25) is 0 Å². The van der Waals surface area contributed by atoms with E-state index < -0.39 is 0 Å². The molecule has 0 atom stereocenters. The lowest BCUT2D eigenvalue weighted by Crippen LogP contribution is -2.44. The first-order valence-corrected chi connectivity index (χ1v) is 9.05. The molecule has 25 heavy (non-hydrogen) atoms. The highest BCUT2D eigenvalue weighted by molar-refractivity contribution is 14.0. The van der Waals surface area contributed by atoms with Crippen molar-refractivity contribution in [2.24, 2.45) is 16.6 Å². The number of pyridine rings is 1. The third kappa shape index (κ3) is 5.70. The summed E-state index contributed by atoms with van der Waals surface area (Å²) in [6, 6.07) is 4.19. The Bertz CT molecular complexity index is 562. The first-order valence-electron chi connectivity index (χ1n) is 9.05. The van der Waals surface area contributed by atoms with Gasteiger partial charge in [-0.05, 0) is 43.5 Å². The standard InChI is InChI=1S/C18H30N6.HI/c1-15-4-7-24(8-5-15)18(19)21-14-16-3-6-20-17(13-16)23-11-9-22(2)10-12-23;/h3,6,13,15H,4-5,7-12,14H2,1-2H3,(H2,19,21);1H. The number of nitrogens with two attached hydrogens (primary N) is 1. The number of nitrogens with zero attached hydrogens (tertiary/aromatic N) is 5. The van der Waals surface area contributed by atoms with Gasteiger partial charge in [0.2, 0.25) is 0 Å². The van der Waals surface area contributed by atoms with Gasteiger partial charge < -0.3 is 20.4 Å². The predicted octanol–water partition coefficient (Wildman–Crippen LogP) is 2.00. The molecule has 3 rings (SSSR count). The van der Waals surface area contributed by atoms with Crippen molar-refractivity contribution >= 4 is 35.8 Å². The third-order valence-electron chi connectivity index (χ3n) is 5.17. The SMILES string of the molecule is CC1CCN(C(N)=NCc2ccnc(N3CCN(C)CC3)c2)CC1.I. The summed E-state index contributed by atoms with van der Waals surface area (Å²) in [5, 5.41) is 0. The van der Waals surface area contributed by atoms with Gasteiger partial charge in [-0.25, -0.2) is 9.98 Å². The number of rotatable bonds is 3. The summed E-state index contributed by atoms with van der Waals surface area (Å²) < 4.78 is 0. The molecule has 1 aromatic heterocycles. The number of aromatic nitrogens is 1. The number of anilines is 1. The molecule has 6 nitrogen and oxygen atoms in total. The Balaban J connectivity index is 0.00000225. The number of guanidine groups is 1. The summed E-state index contributed by atoms with van der Waals surface area (Å²) in [5.41, 5.74) is 7.36. The molecule has 0 aromatic carbocycles. The van der Waals surface area contributed by atoms with Crippen LogP contribution < -0.4 is 10.6 Å². The molecule has 140 valence electrons. The number of likely N-dealkylation sites (N-methyl/N-ethyl adjacent to an activating group) is 1. The van der Waals surface area contributed by atoms with Crippen LogP contribution in [-0.2, 0) is 6.54 Å². The maximum atomic E-state index is 6.18. The number of aliphatic imine (C=N–C) groups is 1. The van der Waals surface area contributed by atoms with E-state index in [0.29, 0.717) is 12.5 Å². The Morgan fingerprint density at radius 3 is 2.56 bits per heavy atom. The van der Waals surface area contributed by atoms with Gasteiger partial charge in [0.05, 0.1) is 6.54 Å². The normalized spacial score (nSPS) is 20.5. The molecule has 0 spiro atoms. The van der Waals surface area contributed by atoms with Gasteiger partial charge in [-0.2, -0.15) is 0 Å². The second kappa shape index (κ2) is 9.56. The van der Waals surface area contributed by atoms with Crippen molar-refractivity contribution in [3.05, 3.63) is 23.9 Å². The Morgan fingerprint density at radius 1 is 1.20 bits per heavy atom. The average molecular weight is 458 g/mol. The lowest BCUT2D eigenvalue weighted by molar-refractivity contribution is 0.277. The zero-order valence-electron chi connectivity index (χ0n) is 15.4. The molecule has 2 saturated heterocycles. The zero-order chi connectivity index (χ0) is 16.9. The quantitative estimate of drug-likeness (QED) is 0.427. The van der Waals surface area contributed by atoms with Gasteiger partial charge in [0.25, 0.3) is 0 Å². The van der Waals surface area contributed by atoms with Gasteiger partial charge >= 0.3 is 0 Å². The van der Waals surface area contributed by atoms with Crippen LogP contribution >= 0.6 is 24.0 Å². The highest BCUT2D eigenvalue weighted by Gasteiger charge is 2.17. The molecule has 0 bridgehead atoms. The van der Waals surface area contributed by atoms with Crippen LogP contribution in [0, 0.1) is 5.92 Å². The number of hydrogen-bond donors (Lipinski definition) is 1. The average Bonchev–Trinajstić information content (AvgIpc) is 2.61. The molecule has 0 amide bonds. The van der Waals surface area contributed by atoms with Crippen molar-refractivity contribution in [1.82, 2.24) is 14.8 Å². The van der Waals surface area contributed by atoms with Crippen molar-refractivity contribution < 1.29 is 0 Å². The molecule has 1 aromatic rings. The Morgan fingerprint density at radius 2 is 1.88 bits per heavy atom. The van der Waals surface area contributed by atoms with E-state index in [9.17, 15) is 0 Å². The Labute approximate surface area is 168 Å². The van der Waals surface area contributed by atoms with E-state index >= 15 is 0 Å². The second-order valence-corrected chi connectivity index (χ2v) is 7.16. The number of hydrogen-bond acceptors (Lipinski definition) is 4. The topological polar surface area (TPSA) is 61.0 Å². The number of likely N-dealkylation sites (tertiary alicyclic amines) is 1. The largest absolute Gasteiger partial charge is 0.370 e. The highest BCUT2D eigenvalue weighted by Crippen LogP contribution is 2.17. The van der Waals surface area contributed by atoms with Gasteiger partial charge in [0, 0.05) is 45.5 Å². The molecule has 0 aliphatic carbocycles. The monoisotopic (exact) mass is 458 g/mol. The first-order chi connectivity index (χ1) is 11.6. The van der Waals surface area contributed by atoms with Crippen molar-refractivity contribution in [3.8, 4) is 0 Å². The minimum absolute atomic E-state index is 0. The molecule has 3 heterocycles. The molecular weight excluding hydrogens is 427 g/mol. The molecular formula is C18H31IN6. The molecule has 7 heteroatoms. The van der Waals surface area contributed by atoms with Gasteiger partial charge in [-0.1, -0.05) is 6.92 Å². The summed E-state index contributed by atoms with van der Waals surface area (Å²) in [4.78, 5) is 16.1. The third-order valence-corrected chi connectivity index (χ3v) is 5.17. The maximum absolute atomic E-state index is 6.18. The fraction of sp³-hybridized carbons (Fsp3) is 0.667. The predicted molar refractivity (Wildman–Crippen MR) is 115 cm³/mol. The summed E-state index contributed by atoms with van der Waals surface area (Å²) in [6.45, 7) is 9.23. The molecule has 0 saturated carbocycles. The van der Waals surface area contributed by atoms with E-state index in [-0.39, 0.29) is 24.0 Å². The summed E-state index contributed by atoms with van der Waals surface area (Å²) >= 11 is 0. The number of piperidine rings is 1. The maximum Gasteiger partial charge on any atom is 0.191 e. The Hall–Kier alpha value is -1.09. The van der Waals surface area contributed by atoms with Crippen LogP contribution in [-0.4, -0.2) is 67.1 Å². The lowest BCUT2D eigenvalue weighted by atomic mass is 10.00. The number of piperazine rings is 1. The molecule has 2 aliphatic rings. The van der Waals surface area contributed by atoms with Crippen LogP contribution in [0.4, 0.5) is 5.82 Å². The minimum Gasteiger partial charge on any atom is -0.370 e. The molecule has 2 fully saturated rings.